The summed E-state index contributed by atoms with van der Waals surface area (Å²) in [6.45, 7) is 10.8. The Kier molecular flexibility index (Phi) is 18.8. The zero-order chi connectivity index (χ0) is 66.0. The average Bonchev–Trinajstić information content (AvgIpc) is 1.32. The molecule has 31 nitrogen and oxygen atoms in total. The number of ether oxygens (including phenoxy) is 5. The van der Waals surface area contributed by atoms with Crippen molar-refractivity contribution in [1.82, 2.24) is 58.6 Å². The SMILES string of the molecule is CC(C)CCC[C@@H](C)[C@H]1CCC2C3CC=C4CC(OC(=O)CCC(=O)OC[C@@H]5C[C@@H](OP(=O)(O)OC[C@@H]6C[C@@H](OP(=O)(O)OC[C@@H]7C[C@@H](O)[C@H](n8cnc9c(N)ncnc98)O7)[C@H](n7cnc8c(N)ncnc87)O6)[C@H](n6cnc7c(N)ncnc76)O5)CC[C@]4(C)C3CC[C@@]21C. The second kappa shape index (κ2) is 26.7. The molecule has 3 saturated carbocycles. The largest absolute Gasteiger partial charge is 0.472 e. The first-order valence-corrected chi connectivity index (χ1v) is 35.7. The molecule has 6 aromatic heterocycles. The predicted molar refractivity (Wildman–Crippen MR) is 335 cm³/mol. The quantitative estimate of drug-likeness (QED) is 0.0191. The van der Waals surface area contributed by atoms with Crippen LogP contribution in [-0.4, -0.2) is 148 Å². The Morgan fingerprint density at radius 1 is 0.649 bits per heavy atom. The normalized spacial score (nSPS) is 33.3. The monoisotopic (exact) mass is 1350 g/mol. The highest BCUT2D eigenvalue weighted by atomic mass is 31.2. The number of rotatable bonds is 24. The van der Waals surface area contributed by atoms with E-state index in [1.165, 1.54) is 102 Å². The summed E-state index contributed by atoms with van der Waals surface area (Å²) in [6.07, 6.45) is 11.8. The van der Waals surface area contributed by atoms with E-state index in [-0.39, 0.29) is 90.0 Å². The minimum absolute atomic E-state index is 0.00717. The minimum atomic E-state index is -5.09. The van der Waals surface area contributed by atoms with Gasteiger partial charge in [0.2, 0.25) is 0 Å². The number of phosphoric ester groups is 2. The molecule has 6 fully saturated rings. The molecule has 0 aromatic carbocycles. The second-order valence-electron chi connectivity index (χ2n) is 27.6. The van der Waals surface area contributed by atoms with Gasteiger partial charge in [0.15, 0.2) is 53.1 Å². The third-order valence-electron chi connectivity index (χ3n) is 21.3. The molecular formula is C61H85N15O16P2. The number of allylic oxidation sites excluding steroid dienone is 1. The number of nitrogens with two attached hydrogens (primary N) is 3. The summed E-state index contributed by atoms with van der Waals surface area (Å²) in [7, 11) is -10.1. The molecule has 0 bridgehead atoms. The Morgan fingerprint density at radius 2 is 1.17 bits per heavy atom. The van der Waals surface area contributed by atoms with Gasteiger partial charge < -0.3 is 55.8 Å². The van der Waals surface area contributed by atoms with Crippen LogP contribution in [0.3, 0.4) is 0 Å². The first kappa shape index (κ1) is 66.4. The van der Waals surface area contributed by atoms with Crippen molar-refractivity contribution in [1.29, 1.82) is 0 Å². The van der Waals surface area contributed by atoms with Gasteiger partial charge in [0.25, 0.3) is 0 Å². The minimum Gasteiger partial charge on any atom is -0.463 e. The van der Waals surface area contributed by atoms with Gasteiger partial charge in [0.05, 0.1) is 63.3 Å². The molecule has 9 N–H and O–H groups in total. The summed E-state index contributed by atoms with van der Waals surface area (Å²) < 4.78 is 85.2. The number of hydrogen-bond acceptors (Lipinski definition) is 26. The molecule has 13 rings (SSSR count). The number of hydrogen-bond donors (Lipinski definition) is 6. The highest BCUT2D eigenvalue weighted by Gasteiger charge is 2.59. The highest BCUT2D eigenvalue weighted by Crippen LogP contribution is 2.68. The third kappa shape index (κ3) is 13.4. The van der Waals surface area contributed by atoms with Gasteiger partial charge in [-0.1, -0.05) is 65.5 Å². The van der Waals surface area contributed by atoms with E-state index in [2.05, 4.69) is 85.6 Å². The fourth-order valence-corrected chi connectivity index (χ4v) is 18.7. The molecule has 6 unspecified atom stereocenters. The van der Waals surface area contributed by atoms with Gasteiger partial charge in [0, 0.05) is 25.7 Å². The van der Waals surface area contributed by atoms with Crippen molar-refractivity contribution in [2.45, 2.75) is 199 Å². The molecule has 0 radical (unpaired) electrons. The number of anilines is 3. The number of esters is 2. The second-order valence-corrected chi connectivity index (χ2v) is 30.4. The summed E-state index contributed by atoms with van der Waals surface area (Å²) in [5.41, 5.74) is 21.4. The molecular weight excluding hydrogens is 1260 g/mol. The molecule has 4 aliphatic carbocycles. The molecule has 7 aliphatic rings. The van der Waals surface area contributed by atoms with E-state index < -0.39 is 96.1 Å². The van der Waals surface area contributed by atoms with Crippen LogP contribution in [-0.2, 0) is 60.5 Å². The molecule has 33 heteroatoms. The Labute approximate surface area is 542 Å². The van der Waals surface area contributed by atoms with Gasteiger partial charge in [-0.15, -0.1) is 0 Å². The fraction of sp³-hybridized carbons (Fsp3) is 0.689. The lowest BCUT2D eigenvalue weighted by Crippen LogP contribution is -2.51. The number of nitrogens with zero attached hydrogens (tertiary/aromatic N) is 12. The van der Waals surface area contributed by atoms with Crippen LogP contribution in [0.5, 0.6) is 0 Å². The summed E-state index contributed by atoms with van der Waals surface area (Å²) in [5, 5.41) is 11.0. The molecule has 0 spiro atoms. The summed E-state index contributed by atoms with van der Waals surface area (Å²) in [4.78, 5) is 86.9. The Bertz CT molecular complexity index is 3890. The molecule has 3 aliphatic heterocycles. The van der Waals surface area contributed by atoms with Gasteiger partial charge in [-0.2, -0.15) is 0 Å². The molecule has 0 amide bonds. The van der Waals surface area contributed by atoms with Gasteiger partial charge in [-0.25, -0.2) is 54.0 Å². The highest BCUT2D eigenvalue weighted by molar-refractivity contribution is 7.47. The van der Waals surface area contributed by atoms with Gasteiger partial charge >= 0.3 is 27.6 Å². The number of fused-ring (bicyclic) bond motifs is 8. The standard InChI is InChI=1S/C61H85N15O16P2/c1-32(2)7-6-8-33(3)40-11-12-41-39-10-9-34-19-35(15-17-60(34,4)42(39)16-18-61(40,41)5)87-47(79)14-13-46(78)84-23-37-21-44(58(89-37)75-30-72-49-52(63)66-27-69-55(49)75)91-94(82,83)86-25-38-22-45(59(90-38)76-31-73-50-53(64)67-28-70-56(50)76)92-93(80,81)85-24-36-20-43(77)57(88-36)74-29-71-48-51(62)65-26-68-54(48)74/h9,26-33,35-45,57-59,77H,6-8,10-25H2,1-5H3,(H,80,81)(H,82,83)(H2,62,65,68)(H2,63,66,69)(H2,64,67,70)/t33-,35?,36+,37+,38+,39?,40-,41?,42?,43-,44-,45-,57-,58-,59-,60+,61-/m1/s1. The summed E-state index contributed by atoms with van der Waals surface area (Å²) >= 11 is 0. The molecule has 9 heterocycles. The van der Waals surface area contributed by atoms with Crippen molar-refractivity contribution < 1.29 is 75.4 Å². The maximum absolute atomic E-state index is 14.1. The number of aromatic nitrogens is 12. The van der Waals surface area contributed by atoms with Crippen LogP contribution in [0.2, 0.25) is 0 Å². The van der Waals surface area contributed by atoms with Crippen LogP contribution >= 0.6 is 15.6 Å². The number of carbonyl (C=O) groups excluding carboxylic acids is 2. The molecule has 94 heavy (non-hydrogen) atoms. The van der Waals surface area contributed by atoms with E-state index in [1.54, 1.807) is 0 Å². The number of phosphoric acid groups is 2. The lowest BCUT2D eigenvalue weighted by molar-refractivity contribution is -0.157. The maximum atomic E-state index is 14.1. The van der Waals surface area contributed by atoms with E-state index in [0.29, 0.717) is 34.8 Å². The molecule has 19 atom stereocenters. The zero-order valence-electron chi connectivity index (χ0n) is 53.4. The lowest BCUT2D eigenvalue weighted by Gasteiger charge is -2.58. The van der Waals surface area contributed by atoms with Crippen LogP contribution in [0, 0.1) is 46.3 Å². The van der Waals surface area contributed by atoms with E-state index in [4.69, 9.17) is 59.0 Å². The van der Waals surface area contributed by atoms with Gasteiger partial charge in [-0.3, -0.25) is 41.4 Å². The molecule has 510 valence electrons. The fourth-order valence-electron chi connectivity index (χ4n) is 16.8. The number of nitrogen functional groups attached to an aromatic ring is 3. The van der Waals surface area contributed by atoms with Crippen molar-refractivity contribution >= 4 is 78.5 Å². The Morgan fingerprint density at radius 3 is 1.73 bits per heavy atom. The van der Waals surface area contributed by atoms with E-state index >= 15 is 0 Å². The van der Waals surface area contributed by atoms with E-state index in [0.717, 1.165) is 42.9 Å². The van der Waals surface area contributed by atoms with Crippen LogP contribution < -0.4 is 17.2 Å². The van der Waals surface area contributed by atoms with Crippen molar-refractivity contribution in [3.63, 3.8) is 0 Å². The smallest absolute Gasteiger partial charge is 0.463 e. The summed E-state index contributed by atoms with van der Waals surface area (Å²) in [6, 6.07) is 0. The van der Waals surface area contributed by atoms with Gasteiger partial charge in [0.1, 0.15) is 66.6 Å². The molecule has 3 saturated heterocycles. The van der Waals surface area contributed by atoms with Crippen LogP contribution in [0.4, 0.5) is 17.5 Å². The number of imidazole rings is 3. The third-order valence-corrected chi connectivity index (χ3v) is 23.4. The van der Waals surface area contributed by atoms with Crippen molar-refractivity contribution in [3.05, 3.63) is 49.6 Å². The topological polar surface area (TPSA) is 421 Å². The van der Waals surface area contributed by atoms with E-state index in [9.17, 15) is 33.6 Å². The average molecular weight is 1350 g/mol. The summed E-state index contributed by atoms with van der Waals surface area (Å²) in [5.74, 6) is 3.44. The lowest BCUT2D eigenvalue weighted by atomic mass is 9.47. The van der Waals surface area contributed by atoms with Crippen molar-refractivity contribution in [3.8, 4) is 0 Å². The van der Waals surface area contributed by atoms with E-state index in [1.807, 2.05) is 0 Å². The zero-order valence-corrected chi connectivity index (χ0v) is 55.1. The molecule has 6 aromatic rings. The first-order valence-electron chi connectivity index (χ1n) is 32.7. The maximum Gasteiger partial charge on any atom is 0.472 e. The predicted octanol–water partition coefficient (Wildman–Crippen LogP) is 7.76. The number of carbonyl (C=O) groups is 2. The Hall–Kier alpha value is -6.21. The van der Waals surface area contributed by atoms with Crippen LogP contribution in [0.15, 0.2) is 49.6 Å². The van der Waals surface area contributed by atoms with Crippen molar-refractivity contribution in [2.24, 2.45) is 46.3 Å². The van der Waals surface area contributed by atoms with Crippen LogP contribution in [0.25, 0.3) is 33.5 Å². The van der Waals surface area contributed by atoms with Gasteiger partial charge in [-0.05, 0) is 91.3 Å². The number of aliphatic hydroxyl groups is 1. The Balaban J connectivity index is 0.610. The van der Waals surface area contributed by atoms with Crippen LogP contribution in [0.1, 0.15) is 156 Å². The number of aliphatic hydroxyl groups excluding tert-OH is 1. The first-order chi connectivity index (χ1) is 44.9. The van der Waals surface area contributed by atoms with Crippen molar-refractivity contribution in [2.75, 3.05) is 37.0 Å².